The molecule has 0 radical (unpaired) electrons. The molecule has 1 atom stereocenters. The molecule has 0 bridgehead atoms. The zero-order chi connectivity index (χ0) is 13.4. The van der Waals surface area contributed by atoms with Crippen LogP contribution in [-0.2, 0) is 4.79 Å². The van der Waals surface area contributed by atoms with E-state index >= 15 is 0 Å². The van der Waals surface area contributed by atoms with Crippen LogP contribution in [0.4, 0.5) is 0 Å². The second-order valence-corrected chi connectivity index (χ2v) is 5.25. The summed E-state index contributed by atoms with van der Waals surface area (Å²) in [6.07, 6.45) is 6.07. The fourth-order valence-corrected chi connectivity index (χ4v) is 2.58. The fourth-order valence-electron chi connectivity index (χ4n) is 2.58. The van der Waals surface area contributed by atoms with Gasteiger partial charge in [-0.05, 0) is 25.2 Å². The van der Waals surface area contributed by atoms with Gasteiger partial charge >= 0.3 is 0 Å². The summed E-state index contributed by atoms with van der Waals surface area (Å²) in [5.41, 5.74) is -0.796. The van der Waals surface area contributed by atoms with Crippen LogP contribution in [0.2, 0.25) is 0 Å². The minimum Gasteiger partial charge on any atom is -0.396 e. The van der Waals surface area contributed by atoms with E-state index in [1.54, 1.807) is 0 Å². The van der Waals surface area contributed by atoms with E-state index in [1.165, 1.54) is 0 Å². The third-order valence-electron chi connectivity index (χ3n) is 4.02. The minimum atomic E-state index is -0.796. The first-order valence-corrected chi connectivity index (χ1v) is 6.99. The first kappa shape index (κ1) is 15.0. The number of nitriles is 1. The summed E-state index contributed by atoms with van der Waals surface area (Å²) in [7, 11) is 0. The van der Waals surface area contributed by atoms with E-state index in [4.69, 9.17) is 5.11 Å². The Kier molecular flexibility index (Phi) is 6.14. The highest BCUT2D eigenvalue weighted by atomic mass is 16.3. The molecule has 0 aromatic carbocycles. The largest absolute Gasteiger partial charge is 0.396 e. The van der Waals surface area contributed by atoms with Crippen LogP contribution in [0.3, 0.4) is 0 Å². The molecule has 0 aromatic rings. The SMILES string of the molecule is CCC(CCO)CNC(=O)C1(C#N)CCCCC1. The van der Waals surface area contributed by atoms with Crippen LogP contribution in [-0.4, -0.2) is 24.2 Å². The van der Waals surface area contributed by atoms with Gasteiger partial charge in [-0.1, -0.05) is 32.6 Å². The quantitative estimate of drug-likeness (QED) is 0.759. The van der Waals surface area contributed by atoms with Crippen molar-refractivity contribution in [2.45, 2.75) is 51.9 Å². The highest BCUT2D eigenvalue weighted by molar-refractivity contribution is 5.85. The standard InChI is InChI=1S/C14H24N2O2/c1-2-12(6-9-17)10-16-13(18)14(11-15)7-4-3-5-8-14/h12,17H,2-10H2,1H3,(H,16,18). The van der Waals surface area contributed by atoms with Gasteiger partial charge in [-0.15, -0.1) is 0 Å². The van der Waals surface area contributed by atoms with Crippen molar-refractivity contribution in [3.63, 3.8) is 0 Å². The Hall–Kier alpha value is -1.08. The Bertz CT molecular complexity index is 303. The van der Waals surface area contributed by atoms with Gasteiger partial charge in [0, 0.05) is 13.2 Å². The van der Waals surface area contributed by atoms with Crippen LogP contribution in [0.15, 0.2) is 0 Å². The van der Waals surface area contributed by atoms with Crippen molar-refractivity contribution in [3.05, 3.63) is 0 Å². The lowest BCUT2D eigenvalue weighted by atomic mass is 9.74. The molecule has 4 nitrogen and oxygen atoms in total. The van der Waals surface area contributed by atoms with E-state index in [0.29, 0.717) is 31.7 Å². The molecule has 0 saturated heterocycles. The molecule has 102 valence electrons. The summed E-state index contributed by atoms with van der Waals surface area (Å²) in [5, 5.41) is 21.1. The monoisotopic (exact) mass is 252 g/mol. The summed E-state index contributed by atoms with van der Waals surface area (Å²) < 4.78 is 0. The Balaban J connectivity index is 2.50. The molecule has 1 saturated carbocycles. The van der Waals surface area contributed by atoms with Gasteiger partial charge in [0.05, 0.1) is 6.07 Å². The summed E-state index contributed by atoms with van der Waals surface area (Å²) in [6.45, 7) is 2.77. The highest BCUT2D eigenvalue weighted by Crippen LogP contribution is 2.35. The third-order valence-corrected chi connectivity index (χ3v) is 4.02. The second-order valence-electron chi connectivity index (χ2n) is 5.25. The number of carbonyl (C=O) groups excluding carboxylic acids is 1. The molecule has 0 aromatic heterocycles. The molecular weight excluding hydrogens is 228 g/mol. The van der Waals surface area contributed by atoms with Gasteiger partial charge in [-0.25, -0.2) is 0 Å². The van der Waals surface area contributed by atoms with Crippen molar-refractivity contribution in [3.8, 4) is 6.07 Å². The molecule has 1 aliphatic carbocycles. The fraction of sp³-hybridized carbons (Fsp3) is 0.857. The van der Waals surface area contributed by atoms with E-state index in [9.17, 15) is 10.1 Å². The van der Waals surface area contributed by atoms with Gasteiger partial charge in [-0.2, -0.15) is 5.26 Å². The number of nitrogens with one attached hydrogen (secondary N) is 1. The zero-order valence-electron chi connectivity index (χ0n) is 11.2. The van der Waals surface area contributed by atoms with Crippen molar-refractivity contribution in [2.24, 2.45) is 11.3 Å². The molecule has 0 aliphatic heterocycles. The second kappa shape index (κ2) is 7.38. The number of amides is 1. The summed E-state index contributed by atoms with van der Waals surface area (Å²) in [5.74, 6) is 0.194. The highest BCUT2D eigenvalue weighted by Gasteiger charge is 2.39. The molecule has 1 rings (SSSR count). The Morgan fingerprint density at radius 2 is 2.11 bits per heavy atom. The van der Waals surface area contributed by atoms with Crippen LogP contribution < -0.4 is 5.32 Å². The van der Waals surface area contributed by atoms with Gasteiger partial charge in [0.1, 0.15) is 5.41 Å². The summed E-state index contributed by atoms with van der Waals surface area (Å²) >= 11 is 0. The lowest BCUT2D eigenvalue weighted by Gasteiger charge is -2.29. The van der Waals surface area contributed by atoms with Crippen molar-refractivity contribution in [1.82, 2.24) is 5.32 Å². The van der Waals surface area contributed by atoms with Crippen molar-refractivity contribution >= 4 is 5.91 Å². The van der Waals surface area contributed by atoms with Crippen LogP contribution in [0, 0.1) is 22.7 Å². The number of nitrogens with zero attached hydrogens (tertiary/aromatic N) is 1. The molecular formula is C14H24N2O2. The molecule has 0 heterocycles. The van der Waals surface area contributed by atoms with E-state index in [-0.39, 0.29) is 12.5 Å². The molecule has 1 aliphatic rings. The van der Waals surface area contributed by atoms with E-state index in [2.05, 4.69) is 11.4 Å². The zero-order valence-corrected chi connectivity index (χ0v) is 11.2. The Morgan fingerprint density at radius 1 is 1.44 bits per heavy atom. The van der Waals surface area contributed by atoms with E-state index in [1.807, 2.05) is 6.92 Å². The normalized spacial score (nSPS) is 19.8. The molecule has 2 N–H and O–H groups in total. The first-order chi connectivity index (χ1) is 8.68. The maximum absolute atomic E-state index is 12.2. The number of hydrogen-bond donors (Lipinski definition) is 2. The maximum atomic E-state index is 12.2. The van der Waals surface area contributed by atoms with Crippen LogP contribution in [0.1, 0.15) is 51.9 Å². The number of rotatable bonds is 6. The lowest BCUT2D eigenvalue weighted by Crippen LogP contribution is -2.43. The first-order valence-electron chi connectivity index (χ1n) is 6.99. The number of aliphatic hydroxyl groups is 1. The number of hydrogen-bond acceptors (Lipinski definition) is 3. The average Bonchev–Trinajstić information content (AvgIpc) is 2.43. The number of carbonyl (C=O) groups is 1. The van der Waals surface area contributed by atoms with Gasteiger partial charge in [0.2, 0.25) is 5.91 Å². The summed E-state index contributed by atoms with van der Waals surface area (Å²) in [4.78, 5) is 12.2. The van der Waals surface area contributed by atoms with E-state index < -0.39 is 5.41 Å². The minimum absolute atomic E-state index is 0.110. The average molecular weight is 252 g/mol. The van der Waals surface area contributed by atoms with Crippen LogP contribution >= 0.6 is 0 Å². The summed E-state index contributed by atoms with van der Waals surface area (Å²) in [6, 6.07) is 2.23. The predicted molar refractivity (Wildman–Crippen MR) is 69.6 cm³/mol. The van der Waals surface area contributed by atoms with Gasteiger partial charge in [-0.3, -0.25) is 4.79 Å². The Labute approximate surface area is 109 Å². The van der Waals surface area contributed by atoms with Gasteiger partial charge in [0.25, 0.3) is 0 Å². The Morgan fingerprint density at radius 3 is 2.61 bits per heavy atom. The molecule has 1 amide bonds. The molecule has 1 fully saturated rings. The number of aliphatic hydroxyl groups excluding tert-OH is 1. The predicted octanol–water partition coefficient (Wildman–Crippen LogP) is 1.99. The van der Waals surface area contributed by atoms with Crippen molar-refractivity contribution in [1.29, 1.82) is 5.26 Å². The van der Waals surface area contributed by atoms with Crippen molar-refractivity contribution in [2.75, 3.05) is 13.2 Å². The van der Waals surface area contributed by atoms with Gasteiger partial charge < -0.3 is 10.4 Å². The molecule has 0 spiro atoms. The smallest absolute Gasteiger partial charge is 0.240 e. The van der Waals surface area contributed by atoms with Crippen molar-refractivity contribution < 1.29 is 9.90 Å². The van der Waals surface area contributed by atoms with Gasteiger partial charge in [0.15, 0.2) is 0 Å². The van der Waals surface area contributed by atoms with Crippen LogP contribution in [0.25, 0.3) is 0 Å². The maximum Gasteiger partial charge on any atom is 0.240 e. The molecule has 1 unspecified atom stereocenters. The van der Waals surface area contributed by atoms with E-state index in [0.717, 1.165) is 25.7 Å². The molecule has 18 heavy (non-hydrogen) atoms. The lowest BCUT2D eigenvalue weighted by molar-refractivity contribution is -0.129. The third kappa shape index (κ3) is 3.71. The van der Waals surface area contributed by atoms with Crippen LogP contribution in [0.5, 0.6) is 0 Å². The molecule has 4 heteroatoms. The topological polar surface area (TPSA) is 73.1 Å².